The van der Waals surface area contributed by atoms with E-state index in [4.69, 9.17) is 4.98 Å². The Bertz CT molecular complexity index is 1390. The molecule has 142 valence electrons. The molecule has 0 saturated heterocycles. The van der Waals surface area contributed by atoms with Crippen molar-refractivity contribution < 1.29 is 0 Å². The van der Waals surface area contributed by atoms with E-state index in [-0.39, 0.29) is 0 Å². The van der Waals surface area contributed by atoms with Gasteiger partial charge in [-0.05, 0) is 29.8 Å². The predicted octanol–water partition coefficient (Wildman–Crippen LogP) is 7.20. The first-order chi connectivity index (χ1) is 14.7. The Kier molecular flexibility index (Phi) is 4.66. The zero-order valence-corrected chi connectivity index (χ0v) is 17.5. The van der Waals surface area contributed by atoms with Crippen LogP contribution in [0.25, 0.3) is 44.5 Å². The van der Waals surface area contributed by atoms with Gasteiger partial charge in [0, 0.05) is 38.3 Å². The smallest absolute Gasteiger partial charge is 0.102 e. The maximum Gasteiger partial charge on any atom is 0.102 e. The number of hydrogen-bond acceptors (Lipinski definition) is 2. The Hall–Kier alpha value is -3.68. The van der Waals surface area contributed by atoms with E-state index < -0.39 is 0 Å². The van der Waals surface area contributed by atoms with E-state index >= 15 is 0 Å². The number of aromatic amines is 1. The van der Waals surface area contributed by atoms with Crippen LogP contribution in [0.15, 0.2) is 95.6 Å². The van der Waals surface area contributed by atoms with Crippen LogP contribution in [0, 0.1) is 11.3 Å². The van der Waals surface area contributed by atoms with Gasteiger partial charge in [0.25, 0.3) is 0 Å². The largest absolute Gasteiger partial charge is 0.360 e. The van der Waals surface area contributed by atoms with Crippen molar-refractivity contribution in [1.82, 2.24) is 9.97 Å². The SMILES string of the molecule is N#Cc1c(-c2ccc(Br)cc2)cc(-c2ccccc2)nc1-c1c[nH]c2ccccc12. The molecule has 0 aliphatic carbocycles. The lowest BCUT2D eigenvalue weighted by Crippen LogP contribution is -1.96. The number of pyridine rings is 1. The van der Waals surface area contributed by atoms with Gasteiger partial charge in [0.2, 0.25) is 0 Å². The van der Waals surface area contributed by atoms with Crippen molar-refractivity contribution in [2.24, 2.45) is 0 Å². The van der Waals surface area contributed by atoms with Crippen LogP contribution >= 0.6 is 15.9 Å². The summed E-state index contributed by atoms with van der Waals surface area (Å²) in [5.74, 6) is 0. The van der Waals surface area contributed by atoms with Gasteiger partial charge in [-0.1, -0.05) is 76.6 Å². The third-order valence-corrected chi connectivity index (χ3v) is 5.73. The lowest BCUT2D eigenvalue weighted by molar-refractivity contribution is 1.30. The van der Waals surface area contributed by atoms with Crippen LogP contribution < -0.4 is 0 Å². The van der Waals surface area contributed by atoms with Crippen molar-refractivity contribution in [3.05, 3.63) is 101 Å². The fourth-order valence-corrected chi connectivity index (χ4v) is 4.00. The highest BCUT2D eigenvalue weighted by molar-refractivity contribution is 9.10. The third-order valence-electron chi connectivity index (χ3n) is 5.20. The van der Waals surface area contributed by atoms with Gasteiger partial charge < -0.3 is 4.98 Å². The first-order valence-corrected chi connectivity index (χ1v) is 10.4. The summed E-state index contributed by atoms with van der Waals surface area (Å²) in [7, 11) is 0. The number of halogens is 1. The van der Waals surface area contributed by atoms with E-state index in [2.05, 4.69) is 33.0 Å². The fourth-order valence-electron chi connectivity index (χ4n) is 3.73. The molecule has 0 atom stereocenters. The molecule has 0 amide bonds. The predicted molar refractivity (Wildman–Crippen MR) is 125 cm³/mol. The van der Waals surface area contributed by atoms with Crippen LogP contribution in [0.4, 0.5) is 0 Å². The number of nitriles is 1. The van der Waals surface area contributed by atoms with Gasteiger partial charge in [0.15, 0.2) is 0 Å². The minimum absolute atomic E-state index is 0.571. The molecular formula is C26H16BrN3. The Labute approximate surface area is 182 Å². The second kappa shape index (κ2) is 7.62. The Morgan fingerprint density at radius 2 is 1.53 bits per heavy atom. The van der Waals surface area contributed by atoms with E-state index in [0.717, 1.165) is 43.3 Å². The van der Waals surface area contributed by atoms with Gasteiger partial charge in [-0.25, -0.2) is 4.98 Å². The van der Waals surface area contributed by atoms with E-state index in [0.29, 0.717) is 11.3 Å². The fraction of sp³-hybridized carbons (Fsp3) is 0. The highest BCUT2D eigenvalue weighted by atomic mass is 79.9. The number of benzene rings is 3. The van der Waals surface area contributed by atoms with E-state index in [9.17, 15) is 5.26 Å². The van der Waals surface area contributed by atoms with Gasteiger partial charge in [-0.15, -0.1) is 0 Å². The molecule has 0 radical (unpaired) electrons. The van der Waals surface area contributed by atoms with E-state index in [1.807, 2.05) is 85.1 Å². The first kappa shape index (κ1) is 18.4. The molecule has 0 unspecified atom stereocenters. The highest BCUT2D eigenvalue weighted by Crippen LogP contribution is 2.37. The number of H-pyrrole nitrogens is 1. The summed E-state index contributed by atoms with van der Waals surface area (Å²) in [6, 6.07) is 30.6. The minimum atomic E-state index is 0.571. The van der Waals surface area contributed by atoms with Crippen LogP contribution in [-0.4, -0.2) is 9.97 Å². The number of para-hydroxylation sites is 1. The molecule has 4 heteroatoms. The lowest BCUT2D eigenvalue weighted by atomic mass is 9.94. The van der Waals surface area contributed by atoms with E-state index in [1.54, 1.807) is 0 Å². The van der Waals surface area contributed by atoms with Crippen LogP contribution in [-0.2, 0) is 0 Å². The van der Waals surface area contributed by atoms with Gasteiger partial charge >= 0.3 is 0 Å². The molecule has 0 aliphatic heterocycles. The summed E-state index contributed by atoms with van der Waals surface area (Å²) >= 11 is 3.50. The number of hydrogen-bond donors (Lipinski definition) is 1. The molecule has 0 aliphatic rings. The Morgan fingerprint density at radius 3 is 2.30 bits per heavy atom. The zero-order chi connectivity index (χ0) is 20.5. The maximum absolute atomic E-state index is 10.1. The minimum Gasteiger partial charge on any atom is -0.360 e. The Balaban J connectivity index is 1.84. The standard InChI is InChI=1S/C26H16BrN3/c27-19-12-10-17(11-13-19)21-14-25(18-6-2-1-3-7-18)30-26(22(21)15-28)23-16-29-24-9-5-4-8-20(23)24/h1-14,16,29H. The maximum atomic E-state index is 10.1. The summed E-state index contributed by atoms with van der Waals surface area (Å²) in [4.78, 5) is 8.27. The summed E-state index contributed by atoms with van der Waals surface area (Å²) in [5.41, 5.74) is 6.92. The molecule has 0 spiro atoms. The normalized spacial score (nSPS) is 10.8. The van der Waals surface area contributed by atoms with Crippen molar-refractivity contribution >= 4 is 26.8 Å². The van der Waals surface area contributed by atoms with Gasteiger partial charge in [-0.3, -0.25) is 0 Å². The Morgan fingerprint density at radius 1 is 0.800 bits per heavy atom. The molecule has 0 saturated carbocycles. The zero-order valence-electron chi connectivity index (χ0n) is 15.9. The van der Waals surface area contributed by atoms with E-state index in [1.165, 1.54) is 0 Å². The molecule has 0 bridgehead atoms. The molecule has 1 N–H and O–H groups in total. The average Bonchev–Trinajstić information content (AvgIpc) is 3.23. The average molecular weight is 450 g/mol. The van der Waals surface area contributed by atoms with Crippen molar-refractivity contribution in [1.29, 1.82) is 5.26 Å². The van der Waals surface area contributed by atoms with Gasteiger partial charge in [0.05, 0.1) is 17.0 Å². The van der Waals surface area contributed by atoms with Crippen molar-refractivity contribution in [2.75, 3.05) is 0 Å². The molecule has 3 aromatic carbocycles. The lowest BCUT2D eigenvalue weighted by Gasteiger charge is -2.13. The summed E-state index contributed by atoms with van der Waals surface area (Å²) in [6.45, 7) is 0. The van der Waals surface area contributed by atoms with Crippen LogP contribution in [0.2, 0.25) is 0 Å². The van der Waals surface area contributed by atoms with Crippen molar-refractivity contribution in [3.8, 4) is 39.7 Å². The second-order valence-corrected chi connectivity index (χ2v) is 7.93. The number of nitrogens with one attached hydrogen (secondary N) is 1. The summed E-state index contributed by atoms with van der Waals surface area (Å²) < 4.78 is 0.999. The first-order valence-electron chi connectivity index (χ1n) is 9.57. The number of fused-ring (bicyclic) bond motifs is 1. The summed E-state index contributed by atoms with van der Waals surface area (Å²) in [5, 5.41) is 11.2. The molecule has 0 fully saturated rings. The molecule has 5 rings (SSSR count). The highest BCUT2D eigenvalue weighted by Gasteiger charge is 2.19. The van der Waals surface area contributed by atoms with Crippen molar-refractivity contribution in [2.45, 2.75) is 0 Å². The van der Waals surface area contributed by atoms with Crippen LogP contribution in [0.1, 0.15) is 5.56 Å². The molecule has 30 heavy (non-hydrogen) atoms. The second-order valence-electron chi connectivity index (χ2n) is 7.01. The van der Waals surface area contributed by atoms with Gasteiger partial charge in [0.1, 0.15) is 6.07 Å². The monoisotopic (exact) mass is 449 g/mol. The molecule has 2 aromatic heterocycles. The number of nitrogens with zero attached hydrogens (tertiary/aromatic N) is 2. The molecule has 5 aromatic rings. The summed E-state index contributed by atoms with van der Waals surface area (Å²) in [6.07, 6.45) is 1.94. The molecular weight excluding hydrogens is 434 g/mol. The quantitative estimate of drug-likeness (QED) is 0.316. The van der Waals surface area contributed by atoms with Crippen molar-refractivity contribution in [3.63, 3.8) is 0 Å². The number of aromatic nitrogens is 2. The molecule has 2 heterocycles. The van der Waals surface area contributed by atoms with Crippen LogP contribution in [0.3, 0.4) is 0 Å². The third kappa shape index (κ3) is 3.20. The van der Waals surface area contributed by atoms with Gasteiger partial charge in [-0.2, -0.15) is 5.26 Å². The number of rotatable bonds is 3. The van der Waals surface area contributed by atoms with Crippen LogP contribution in [0.5, 0.6) is 0 Å². The molecule has 3 nitrogen and oxygen atoms in total. The topological polar surface area (TPSA) is 52.5 Å².